The third-order valence-corrected chi connectivity index (χ3v) is 6.91. The van der Waals surface area contributed by atoms with Gasteiger partial charge in [-0.3, -0.25) is 9.79 Å². The van der Waals surface area contributed by atoms with Crippen molar-refractivity contribution >= 4 is 11.7 Å². The summed E-state index contributed by atoms with van der Waals surface area (Å²) in [5.41, 5.74) is 1.09. The Balaban J connectivity index is 1.22. The van der Waals surface area contributed by atoms with Crippen molar-refractivity contribution in [3.8, 4) is 11.5 Å². The van der Waals surface area contributed by atoms with Crippen LogP contribution in [0.1, 0.15) is 21.5 Å². The second-order valence-corrected chi connectivity index (χ2v) is 9.69. The minimum Gasteiger partial charge on any atom is -0.497 e. The van der Waals surface area contributed by atoms with Crippen LogP contribution in [-0.2, 0) is 13.0 Å². The zero-order chi connectivity index (χ0) is 29.9. The van der Waals surface area contributed by atoms with E-state index in [2.05, 4.69) is 10.3 Å². The molecule has 0 saturated heterocycles. The maximum atomic E-state index is 14.0. The molecule has 218 valence electrons. The molecule has 0 radical (unpaired) electrons. The van der Waals surface area contributed by atoms with Crippen LogP contribution in [0, 0.1) is 11.6 Å². The van der Waals surface area contributed by atoms with Crippen LogP contribution in [0.15, 0.2) is 95.6 Å². The van der Waals surface area contributed by atoms with E-state index in [-0.39, 0.29) is 12.2 Å². The zero-order valence-corrected chi connectivity index (χ0v) is 22.4. The number of benzene rings is 3. The first-order chi connectivity index (χ1) is 20.1. The van der Waals surface area contributed by atoms with Crippen LogP contribution in [0.25, 0.3) is 0 Å². The standard InChI is InChI=1S/C31H26F5N3O3/c1-41-22-10-7-20(8-11-22)18-42-23-12-5-19(6-13-23)15-16-39-27-14-9-21(17-26(27)38-30(39)31(34,35)36)37-29(40)28-24(32)3-2-4-25(28)33/h2-14,17,26-27H,15-16,18H2,1H3,(H,37,40). The van der Waals surface area contributed by atoms with Crippen LogP contribution in [0.2, 0.25) is 0 Å². The number of nitrogens with one attached hydrogen (secondary N) is 1. The Labute approximate surface area is 238 Å². The number of carbonyl (C=O) groups is 1. The Morgan fingerprint density at radius 2 is 1.60 bits per heavy atom. The average molecular weight is 584 g/mol. The van der Waals surface area contributed by atoms with Crippen LogP contribution >= 0.6 is 0 Å². The van der Waals surface area contributed by atoms with Gasteiger partial charge in [0.2, 0.25) is 5.84 Å². The van der Waals surface area contributed by atoms with E-state index in [4.69, 9.17) is 9.47 Å². The molecule has 1 N–H and O–H groups in total. The van der Waals surface area contributed by atoms with Crippen LogP contribution in [-0.4, -0.2) is 48.6 Å². The van der Waals surface area contributed by atoms with E-state index in [0.717, 1.165) is 35.1 Å². The second-order valence-electron chi connectivity index (χ2n) is 9.69. The monoisotopic (exact) mass is 583 g/mol. The number of halogens is 5. The highest BCUT2D eigenvalue weighted by molar-refractivity contribution is 5.96. The molecule has 2 aliphatic rings. The Morgan fingerprint density at radius 1 is 0.952 bits per heavy atom. The lowest BCUT2D eigenvalue weighted by Crippen LogP contribution is -2.45. The molecule has 1 aliphatic heterocycles. The number of amides is 1. The molecule has 3 aromatic carbocycles. The Bertz CT molecular complexity index is 1510. The molecule has 0 saturated carbocycles. The van der Waals surface area contributed by atoms with Crippen molar-refractivity contribution in [1.82, 2.24) is 10.2 Å². The highest BCUT2D eigenvalue weighted by Gasteiger charge is 2.48. The van der Waals surface area contributed by atoms with Crippen molar-refractivity contribution in [2.24, 2.45) is 4.99 Å². The minimum absolute atomic E-state index is 0.0336. The maximum absolute atomic E-state index is 14.0. The summed E-state index contributed by atoms with van der Waals surface area (Å²) >= 11 is 0. The number of allylic oxidation sites excluding steroid dienone is 1. The molecule has 0 spiro atoms. The van der Waals surface area contributed by atoms with Gasteiger partial charge in [-0.15, -0.1) is 0 Å². The lowest BCUT2D eigenvalue weighted by Gasteiger charge is -2.30. The van der Waals surface area contributed by atoms with Gasteiger partial charge < -0.3 is 19.7 Å². The lowest BCUT2D eigenvalue weighted by atomic mass is 10.0. The predicted molar refractivity (Wildman–Crippen MR) is 146 cm³/mol. The summed E-state index contributed by atoms with van der Waals surface area (Å²) in [7, 11) is 1.59. The van der Waals surface area contributed by atoms with Crippen LogP contribution < -0.4 is 14.8 Å². The first-order valence-corrected chi connectivity index (χ1v) is 13.0. The largest absolute Gasteiger partial charge is 0.497 e. The quantitative estimate of drug-likeness (QED) is 0.315. The molecule has 0 fully saturated rings. The second kappa shape index (κ2) is 12.1. The maximum Gasteiger partial charge on any atom is 0.449 e. The number of hydrogen-bond acceptors (Lipinski definition) is 5. The third kappa shape index (κ3) is 6.45. The van der Waals surface area contributed by atoms with Gasteiger partial charge >= 0.3 is 6.18 Å². The highest BCUT2D eigenvalue weighted by atomic mass is 19.4. The number of carbonyl (C=O) groups excluding carboxylic acids is 1. The Morgan fingerprint density at radius 3 is 2.24 bits per heavy atom. The number of hydrogen-bond donors (Lipinski definition) is 1. The van der Waals surface area contributed by atoms with E-state index in [1.807, 2.05) is 24.3 Å². The average Bonchev–Trinajstić information content (AvgIpc) is 3.34. The fourth-order valence-electron chi connectivity index (χ4n) is 4.79. The summed E-state index contributed by atoms with van der Waals surface area (Å²) in [5.74, 6) is -2.80. The van der Waals surface area contributed by atoms with Gasteiger partial charge in [-0.05, 0) is 66.1 Å². The molecule has 1 heterocycles. The van der Waals surface area contributed by atoms with E-state index < -0.39 is 47.2 Å². The van der Waals surface area contributed by atoms with Gasteiger partial charge in [-0.2, -0.15) is 13.2 Å². The van der Waals surface area contributed by atoms with Crippen molar-refractivity contribution in [2.45, 2.75) is 31.3 Å². The number of methoxy groups -OCH3 is 1. The van der Waals surface area contributed by atoms with E-state index in [1.165, 1.54) is 23.1 Å². The van der Waals surface area contributed by atoms with Crippen molar-refractivity contribution in [2.75, 3.05) is 13.7 Å². The molecule has 0 bridgehead atoms. The fraction of sp³-hybridized carbons (Fsp3) is 0.226. The van der Waals surface area contributed by atoms with Crippen molar-refractivity contribution in [3.63, 3.8) is 0 Å². The first kappa shape index (κ1) is 28.8. The van der Waals surface area contributed by atoms with E-state index in [9.17, 15) is 26.7 Å². The molecular weight excluding hydrogens is 557 g/mol. The predicted octanol–water partition coefficient (Wildman–Crippen LogP) is 5.99. The van der Waals surface area contributed by atoms with Gasteiger partial charge in [-0.25, -0.2) is 8.78 Å². The van der Waals surface area contributed by atoms with E-state index in [1.54, 1.807) is 31.4 Å². The topological polar surface area (TPSA) is 63.2 Å². The fourth-order valence-corrected chi connectivity index (χ4v) is 4.79. The summed E-state index contributed by atoms with van der Waals surface area (Å²) in [4.78, 5) is 17.5. The minimum atomic E-state index is -4.70. The van der Waals surface area contributed by atoms with Gasteiger partial charge in [0.15, 0.2) is 0 Å². The smallest absolute Gasteiger partial charge is 0.449 e. The Hall–Kier alpha value is -4.67. The number of aliphatic imine (C=N–C) groups is 1. The molecule has 2 unspecified atom stereocenters. The molecular formula is C31H26F5N3O3. The Kier molecular flexibility index (Phi) is 8.28. The third-order valence-electron chi connectivity index (χ3n) is 6.91. The number of alkyl halides is 3. The van der Waals surface area contributed by atoms with Gasteiger partial charge in [0.1, 0.15) is 35.3 Å². The number of ether oxygens (including phenoxy) is 2. The van der Waals surface area contributed by atoms with Crippen molar-refractivity contribution < 1.29 is 36.2 Å². The SMILES string of the molecule is COc1ccc(COc2ccc(CCN3C(C(F)(F)F)=NC4C=C(NC(=O)c5c(F)cccc5F)C=CC43)cc2)cc1. The van der Waals surface area contributed by atoms with Gasteiger partial charge in [0, 0.05) is 12.2 Å². The molecule has 11 heteroatoms. The van der Waals surface area contributed by atoms with E-state index in [0.29, 0.717) is 18.8 Å². The lowest BCUT2D eigenvalue weighted by molar-refractivity contribution is -0.0680. The molecule has 6 nitrogen and oxygen atoms in total. The summed E-state index contributed by atoms with van der Waals surface area (Å²) in [5, 5.41) is 2.36. The summed E-state index contributed by atoms with van der Waals surface area (Å²) < 4.78 is 80.7. The van der Waals surface area contributed by atoms with Gasteiger partial charge in [0.25, 0.3) is 5.91 Å². The normalized spacial score (nSPS) is 17.8. The van der Waals surface area contributed by atoms with Crippen LogP contribution in [0.5, 0.6) is 11.5 Å². The summed E-state index contributed by atoms with van der Waals surface area (Å²) in [6.45, 7) is 0.384. The number of amidine groups is 1. The van der Waals surface area contributed by atoms with Gasteiger partial charge in [-0.1, -0.05) is 36.4 Å². The molecule has 1 amide bonds. The van der Waals surface area contributed by atoms with Gasteiger partial charge in [0.05, 0.1) is 19.2 Å². The van der Waals surface area contributed by atoms with Crippen LogP contribution in [0.3, 0.4) is 0 Å². The first-order valence-electron chi connectivity index (χ1n) is 13.0. The molecule has 1 aliphatic carbocycles. The summed E-state index contributed by atoms with van der Waals surface area (Å²) in [6.07, 6.45) is -0.129. The molecule has 3 aromatic rings. The number of fused-ring (bicyclic) bond motifs is 1. The van der Waals surface area contributed by atoms with Crippen molar-refractivity contribution in [3.05, 3.63) is 119 Å². The molecule has 2 atom stereocenters. The molecule has 0 aromatic heterocycles. The van der Waals surface area contributed by atoms with E-state index >= 15 is 0 Å². The molecule has 5 rings (SSSR count). The molecule has 42 heavy (non-hydrogen) atoms. The highest BCUT2D eigenvalue weighted by Crippen LogP contribution is 2.32. The summed E-state index contributed by atoms with van der Waals surface area (Å²) in [6, 6.07) is 15.9. The van der Waals surface area contributed by atoms with Crippen molar-refractivity contribution in [1.29, 1.82) is 0 Å². The van der Waals surface area contributed by atoms with Crippen LogP contribution in [0.4, 0.5) is 22.0 Å². The number of nitrogens with zero attached hydrogens (tertiary/aromatic N) is 2. The zero-order valence-electron chi connectivity index (χ0n) is 22.4. The number of rotatable bonds is 9.